The SMILES string of the molecule is CCCNc1c2c(nc3c(Br)ccc(OC)c13)CCC2. The monoisotopic (exact) mass is 334 g/mol. The second kappa shape index (κ2) is 5.60. The van der Waals surface area contributed by atoms with Crippen LogP contribution in [0.1, 0.15) is 31.0 Å². The Morgan fingerprint density at radius 3 is 2.95 bits per heavy atom. The Labute approximate surface area is 127 Å². The zero-order chi connectivity index (χ0) is 14.1. The van der Waals surface area contributed by atoms with Crippen LogP contribution in [0.4, 0.5) is 5.69 Å². The van der Waals surface area contributed by atoms with E-state index in [0.717, 1.165) is 46.9 Å². The molecule has 3 rings (SSSR count). The summed E-state index contributed by atoms with van der Waals surface area (Å²) >= 11 is 3.63. The molecule has 1 aliphatic rings. The molecule has 0 unspecified atom stereocenters. The molecule has 0 aliphatic heterocycles. The zero-order valence-corrected chi connectivity index (χ0v) is 13.5. The molecule has 0 fully saturated rings. The molecule has 2 aromatic rings. The number of halogens is 1. The van der Waals surface area contributed by atoms with Crippen molar-refractivity contribution in [3.8, 4) is 5.75 Å². The van der Waals surface area contributed by atoms with Crippen LogP contribution in [0.15, 0.2) is 16.6 Å². The van der Waals surface area contributed by atoms with Crippen LogP contribution in [0.25, 0.3) is 10.9 Å². The molecule has 1 aromatic heterocycles. The predicted octanol–water partition coefficient (Wildman–Crippen LogP) is 4.32. The molecule has 0 saturated carbocycles. The fourth-order valence-electron chi connectivity index (χ4n) is 2.92. The Hall–Kier alpha value is -1.29. The molecular formula is C16H19BrN2O. The third kappa shape index (κ3) is 2.16. The molecule has 0 bridgehead atoms. The van der Waals surface area contributed by atoms with E-state index in [1.54, 1.807) is 7.11 Å². The van der Waals surface area contributed by atoms with Crippen molar-refractivity contribution in [2.24, 2.45) is 0 Å². The summed E-state index contributed by atoms with van der Waals surface area (Å²) in [5, 5.41) is 4.71. The van der Waals surface area contributed by atoms with Gasteiger partial charge in [-0.2, -0.15) is 0 Å². The van der Waals surface area contributed by atoms with E-state index in [1.807, 2.05) is 12.1 Å². The molecule has 0 atom stereocenters. The number of fused-ring (bicyclic) bond motifs is 2. The molecule has 4 heteroatoms. The summed E-state index contributed by atoms with van der Waals surface area (Å²) in [6.07, 6.45) is 4.49. The van der Waals surface area contributed by atoms with Crippen LogP contribution >= 0.6 is 15.9 Å². The Morgan fingerprint density at radius 2 is 2.20 bits per heavy atom. The third-order valence-electron chi connectivity index (χ3n) is 3.85. The Bertz CT molecular complexity index is 655. The fourth-order valence-corrected chi connectivity index (χ4v) is 3.34. The molecule has 0 saturated heterocycles. The third-order valence-corrected chi connectivity index (χ3v) is 4.49. The predicted molar refractivity (Wildman–Crippen MR) is 86.8 cm³/mol. The van der Waals surface area contributed by atoms with Crippen LogP contribution in [0.2, 0.25) is 0 Å². The van der Waals surface area contributed by atoms with Crippen molar-refractivity contribution in [1.82, 2.24) is 4.98 Å². The van der Waals surface area contributed by atoms with Crippen molar-refractivity contribution in [2.45, 2.75) is 32.6 Å². The summed E-state index contributed by atoms with van der Waals surface area (Å²) in [7, 11) is 1.72. The van der Waals surface area contributed by atoms with Crippen molar-refractivity contribution >= 4 is 32.5 Å². The zero-order valence-electron chi connectivity index (χ0n) is 11.9. The van der Waals surface area contributed by atoms with Gasteiger partial charge >= 0.3 is 0 Å². The summed E-state index contributed by atoms with van der Waals surface area (Å²) in [5.41, 5.74) is 4.85. The van der Waals surface area contributed by atoms with E-state index in [2.05, 4.69) is 28.2 Å². The minimum Gasteiger partial charge on any atom is -0.496 e. The average molecular weight is 335 g/mol. The number of methoxy groups -OCH3 is 1. The highest BCUT2D eigenvalue weighted by molar-refractivity contribution is 9.10. The van der Waals surface area contributed by atoms with Crippen LogP contribution in [-0.4, -0.2) is 18.6 Å². The fraction of sp³-hybridized carbons (Fsp3) is 0.438. The minimum atomic E-state index is 0.893. The van der Waals surface area contributed by atoms with Gasteiger partial charge < -0.3 is 10.1 Å². The van der Waals surface area contributed by atoms with Gasteiger partial charge in [-0.3, -0.25) is 4.98 Å². The molecule has 1 aromatic carbocycles. The summed E-state index contributed by atoms with van der Waals surface area (Å²) in [6.45, 7) is 3.16. The van der Waals surface area contributed by atoms with Gasteiger partial charge in [0.15, 0.2) is 0 Å². The quantitative estimate of drug-likeness (QED) is 0.904. The van der Waals surface area contributed by atoms with Crippen molar-refractivity contribution in [3.63, 3.8) is 0 Å². The number of pyridine rings is 1. The van der Waals surface area contributed by atoms with E-state index in [4.69, 9.17) is 9.72 Å². The van der Waals surface area contributed by atoms with Gasteiger partial charge in [0.05, 0.1) is 23.7 Å². The van der Waals surface area contributed by atoms with Gasteiger partial charge in [-0.25, -0.2) is 0 Å². The van der Waals surface area contributed by atoms with E-state index in [-0.39, 0.29) is 0 Å². The van der Waals surface area contributed by atoms with Crippen LogP contribution < -0.4 is 10.1 Å². The number of anilines is 1. The summed E-state index contributed by atoms with van der Waals surface area (Å²) in [5.74, 6) is 0.893. The molecule has 0 spiro atoms. The summed E-state index contributed by atoms with van der Waals surface area (Å²) < 4.78 is 6.59. The molecule has 106 valence electrons. The lowest BCUT2D eigenvalue weighted by atomic mass is 10.1. The number of hydrogen-bond acceptors (Lipinski definition) is 3. The molecule has 1 N–H and O–H groups in total. The van der Waals surface area contributed by atoms with Gasteiger partial charge in [0.25, 0.3) is 0 Å². The lowest BCUT2D eigenvalue weighted by Crippen LogP contribution is -2.06. The Kier molecular flexibility index (Phi) is 3.83. The maximum absolute atomic E-state index is 5.56. The molecule has 20 heavy (non-hydrogen) atoms. The highest BCUT2D eigenvalue weighted by Gasteiger charge is 2.22. The van der Waals surface area contributed by atoms with Crippen LogP contribution in [0, 0.1) is 0 Å². The molecule has 3 nitrogen and oxygen atoms in total. The standard InChI is InChI=1S/C16H19BrN2O/c1-3-9-18-15-10-5-4-6-12(10)19-16-11(17)7-8-13(20-2)14(15)16/h7-8H,3-6,9H2,1-2H3,(H,18,19). The number of aryl methyl sites for hydroxylation is 1. The van der Waals surface area contributed by atoms with Gasteiger partial charge in [-0.15, -0.1) is 0 Å². The topological polar surface area (TPSA) is 34.2 Å². The largest absolute Gasteiger partial charge is 0.496 e. The number of aromatic nitrogens is 1. The minimum absolute atomic E-state index is 0.893. The first-order valence-corrected chi connectivity index (χ1v) is 7.97. The van der Waals surface area contributed by atoms with Gasteiger partial charge in [0.2, 0.25) is 0 Å². The Morgan fingerprint density at radius 1 is 1.35 bits per heavy atom. The van der Waals surface area contributed by atoms with Crippen molar-refractivity contribution in [1.29, 1.82) is 0 Å². The first-order chi connectivity index (χ1) is 9.76. The summed E-state index contributed by atoms with van der Waals surface area (Å²) in [6, 6.07) is 4.02. The van der Waals surface area contributed by atoms with Crippen LogP contribution in [-0.2, 0) is 12.8 Å². The normalized spacial score (nSPS) is 13.6. The lowest BCUT2D eigenvalue weighted by molar-refractivity contribution is 0.420. The molecule has 0 radical (unpaired) electrons. The van der Waals surface area contributed by atoms with E-state index < -0.39 is 0 Å². The van der Waals surface area contributed by atoms with Gasteiger partial charge in [0.1, 0.15) is 5.75 Å². The number of benzene rings is 1. The van der Waals surface area contributed by atoms with E-state index in [9.17, 15) is 0 Å². The number of ether oxygens (including phenoxy) is 1. The first-order valence-electron chi connectivity index (χ1n) is 7.18. The Balaban J connectivity index is 2.32. The number of hydrogen-bond donors (Lipinski definition) is 1. The first kappa shape index (κ1) is 13.7. The summed E-state index contributed by atoms with van der Waals surface area (Å²) in [4.78, 5) is 4.87. The van der Waals surface area contributed by atoms with E-state index in [0.29, 0.717) is 0 Å². The number of nitrogens with zero attached hydrogens (tertiary/aromatic N) is 1. The van der Waals surface area contributed by atoms with Gasteiger partial charge in [-0.1, -0.05) is 6.92 Å². The molecular weight excluding hydrogens is 316 g/mol. The van der Waals surface area contributed by atoms with Gasteiger partial charge in [-0.05, 0) is 59.3 Å². The van der Waals surface area contributed by atoms with E-state index in [1.165, 1.54) is 23.4 Å². The van der Waals surface area contributed by atoms with Crippen molar-refractivity contribution in [2.75, 3.05) is 19.0 Å². The van der Waals surface area contributed by atoms with Gasteiger partial charge in [0, 0.05) is 16.7 Å². The average Bonchev–Trinajstić information content (AvgIpc) is 2.93. The van der Waals surface area contributed by atoms with Crippen molar-refractivity contribution in [3.05, 3.63) is 27.9 Å². The van der Waals surface area contributed by atoms with Crippen LogP contribution in [0.3, 0.4) is 0 Å². The van der Waals surface area contributed by atoms with Crippen molar-refractivity contribution < 1.29 is 4.74 Å². The highest BCUT2D eigenvalue weighted by atomic mass is 79.9. The lowest BCUT2D eigenvalue weighted by Gasteiger charge is -2.17. The maximum Gasteiger partial charge on any atom is 0.130 e. The maximum atomic E-state index is 5.56. The van der Waals surface area contributed by atoms with Crippen LogP contribution in [0.5, 0.6) is 5.75 Å². The highest BCUT2D eigenvalue weighted by Crippen LogP contribution is 2.41. The molecule has 1 heterocycles. The molecule has 0 amide bonds. The molecule has 1 aliphatic carbocycles. The second-order valence-corrected chi connectivity index (χ2v) is 6.02. The number of rotatable bonds is 4. The second-order valence-electron chi connectivity index (χ2n) is 5.17. The number of nitrogens with one attached hydrogen (secondary N) is 1. The van der Waals surface area contributed by atoms with E-state index >= 15 is 0 Å². The smallest absolute Gasteiger partial charge is 0.130 e.